The average molecular weight is 325 g/mol. The fourth-order valence-electron chi connectivity index (χ4n) is 1.47. The average Bonchev–Trinajstić information content (AvgIpc) is 2.35. The van der Waals surface area contributed by atoms with Crippen molar-refractivity contribution in [2.24, 2.45) is 0 Å². The number of hydrogen-bond donors (Lipinski definition) is 1. The Hall–Kier alpha value is -1.34. The predicted molar refractivity (Wildman–Crippen MR) is 72.5 cm³/mol. The summed E-state index contributed by atoms with van der Waals surface area (Å²) in [5.41, 5.74) is 0.982. The van der Waals surface area contributed by atoms with Gasteiger partial charge < -0.3 is 10.1 Å². The Bertz CT molecular complexity index is 493. The fraction of sp³-hybridized carbons (Fsp3) is 0.538. The van der Waals surface area contributed by atoms with Crippen LogP contribution >= 0.6 is 11.6 Å². The molecule has 1 heterocycles. The first-order chi connectivity index (χ1) is 9.69. The van der Waals surface area contributed by atoms with Crippen molar-refractivity contribution in [3.8, 4) is 0 Å². The maximum atomic E-state index is 11.9. The lowest BCUT2D eigenvalue weighted by molar-refractivity contribution is -0.173. The number of amides is 1. The van der Waals surface area contributed by atoms with Crippen LogP contribution in [0, 0.1) is 0 Å². The molecule has 118 valence electrons. The number of rotatable bonds is 6. The zero-order valence-corrected chi connectivity index (χ0v) is 12.4. The number of pyridine rings is 1. The fourth-order valence-corrected chi connectivity index (χ4v) is 1.69. The van der Waals surface area contributed by atoms with Gasteiger partial charge in [0.15, 0.2) is 0 Å². The van der Waals surface area contributed by atoms with E-state index in [0.717, 1.165) is 0 Å². The number of carbonyl (C=O) groups is 1. The molecule has 21 heavy (non-hydrogen) atoms. The zero-order valence-electron chi connectivity index (χ0n) is 11.6. The van der Waals surface area contributed by atoms with Crippen molar-refractivity contribution in [1.82, 2.24) is 10.3 Å². The van der Waals surface area contributed by atoms with Crippen LogP contribution in [0.5, 0.6) is 0 Å². The lowest BCUT2D eigenvalue weighted by Crippen LogP contribution is -2.29. The van der Waals surface area contributed by atoms with Gasteiger partial charge in [-0.2, -0.15) is 13.2 Å². The molecule has 0 unspecified atom stereocenters. The monoisotopic (exact) mass is 324 g/mol. The van der Waals surface area contributed by atoms with Gasteiger partial charge in [0.1, 0.15) is 11.8 Å². The summed E-state index contributed by atoms with van der Waals surface area (Å²) in [6, 6.07) is 3.00. The lowest BCUT2D eigenvalue weighted by Gasteiger charge is -2.10. The highest BCUT2D eigenvalue weighted by Crippen LogP contribution is 2.17. The summed E-state index contributed by atoms with van der Waals surface area (Å²) >= 11 is 5.83. The van der Waals surface area contributed by atoms with Crippen molar-refractivity contribution >= 4 is 17.5 Å². The summed E-state index contributed by atoms with van der Waals surface area (Å²) in [5, 5.41) is 2.66. The summed E-state index contributed by atoms with van der Waals surface area (Å²) in [7, 11) is 0. The Balaban J connectivity index is 2.49. The van der Waals surface area contributed by atoms with E-state index in [0.29, 0.717) is 11.3 Å². The van der Waals surface area contributed by atoms with Crippen molar-refractivity contribution < 1.29 is 22.7 Å². The van der Waals surface area contributed by atoms with E-state index in [9.17, 15) is 18.0 Å². The van der Waals surface area contributed by atoms with E-state index in [1.165, 1.54) is 6.07 Å². The predicted octanol–water partition coefficient (Wildman–Crippen LogP) is 3.17. The number of aromatic nitrogens is 1. The van der Waals surface area contributed by atoms with Crippen LogP contribution in [0.2, 0.25) is 5.15 Å². The number of nitrogens with one attached hydrogen (secondary N) is 1. The highest BCUT2D eigenvalue weighted by molar-refractivity contribution is 6.29. The number of hydrogen-bond acceptors (Lipinski definition) is 3. The Morgan fingerprint density at radius 3 is 2.67 bits per heavy atom. The molecule has 0 radical (unpaired) electrons. The van der Waals surface area contributed by atoms with Crippen LogP contribution in [0.1, 0.15) is 35.8 Å². The second-order valence-electron chi connectivity index (χ2n) is 4.68. The lowest BCUT2D eigenvalue weighted by atomic mass is 10.1. The van der Waals surface area contributed by atoms with Gasteiger partial charge in [-0.05, 0) is 18.1 Å². The molecule has 0 fully saturated rings. The molecule has 1 N–H and O–H groups in total. The molecule has 0 aliphatic rings. The van der Waals surface area contributed by atoms with E-state index in [-0.39, 0.29) is 24.2 Å². The van der Waals surface area contributed by atoms with Gasteiger partial charge in [-0.15, -0.1) is 0 Å². The van der Waals surface area contributed by atoms with E-state index in [1.807, 2.05) is 13.8 Å². The first-order valence-corrected chi connectivity index (χ1v) is 6.67. The first kappa shape index (κ1) is 17.7. The molecule has 1 aromatic heterocycles. The molecule has 1 rings (SSSR count). The van der Waals surface area contributed by atoms with E-state index >= 15 is 0 Å². The largest absolute Gasteiger partial charge is 0.411 e. The minimum Gasteiger partial charge on any atom is -0.370 e. The first-order valence-electron chi connectivity index (χ1n) is 6.29. The smallest absolute Gasteiger partial charge is 0.370 e. The molecule has 0 aliphatic carbocycles. The third-order valence-corrected chi connectivity index (χ3v) is 2.66. The molecule has 0 spiro atoms. The van der Waals surface area contributed by atoms with Crippen molar-refractivity contribution in [3.05, 3.63) is 28.5 Å². The second-order valence-corrected chi connectivity index (χ2v) is 5.07. The molecule has 1 aromatic rings. The van der Waals surface area contributed by atoms with Crippen LogP contribution in [-0.4, -0.2) is 36.8 Å². The Morgan fingerprint density at radius 2 is 2.10 bits per heavy atom. The molecular weight excluding hydrogens is 309 g/mol. The van der Waals surface area contributed by atoms with Crippen molar-refractivity contribution in [2.75, 3.05) is 19.8 Å². The molecular formula is C13H16ClF3N2O2. The number of carbonyl (C=O) groups excluding carboxylic acids is 1. The third kappa shape index (κ3) is 6.77. The number of nitrogens with zero attached hydrogens (tertiary/aromatic N) is 1. The molecule has 0 bridgehead atoms. The minimum atomic E-state index is -4.37. The Morgan fingerprint density at radius 1 is 1.43 bits per heavy atom. The second kappa shape index (κ2) is 7.61. The van der Waals surface area contributed by atoms with Crippen molar-refractivity contribution in [1.29, 1.82) is 0 Å². The van der Waals surface area contributed by atoms with E-state index in [4.69, 9.17) is 11.6 Å². The molecule has 4 nitrogen and oxygen atoms in total. The molecule has 0 aliphatic heterocycles. The van der Waals surface area contributed by atoms with Crippen molar-refractivity contribution in [3.63, 3.8) is 0 Å². The van der Waals surface area contributed by atoms with Gasteiger partial charge in [0.05, 0.1) is 6.61 Å². The summed E-state index contributed by atoms with van der Waals surface area (Å²) in [6.45, 7) is 2.24. The highest BCUT2D eigenvalue weighted by Gasteiger charge is 2.27. The molecule has 0 saturated heterocycles. The van der Waals surface area contributed by atoms with Gasteiger partial charge in [0.2, 0.25) is 0 Å². The van der Waals surface area contributed by atoms with Gasteiger partial charge in [-0.3, -0.25) is 4.79 Å². The van der Waals surface area contributed by atoms with E-state index in [1.54, 1.807) is 6.07 Å². The van der Waals surface area contributed by atoms with Crippen LogP contribution < -0.4 is 5.32 Å². The molecule has 8 heteroatoms. The van der Waals surface area contributed by atoms with Crippen molar-refractivity contribution in [2.45, 2.75) is 25.9 Å². The molecule has 0 atom stereocenters. The van der Waals surface area contributed by atoms with Gasteiger partial charge in [-0.25, -0.2) is 4.98 Å². The quantitative estimate of drug-likeness (QED) is 0.646. The number of alkyl halides is 3. The molecule has 1 amide bonds. The number of halogens is 4. The van der Waals surface area contributed by atoms with Crippen LogP contribution in [-0.2, 0) is 4.74 Å². The standard InChI is InChI=1S/C13H16ClF3N2O2/c1-8(2)10-5-9(6-11(14)19-10)12(20)18-3-4-21-7-13(15,16)17/h5-6,8H,3-4,7H2,1-2H3,(H,18,20). The highest BCUT2D eigenvalue weighted by atomic mass is 35.5. The van der Waals surface area contributed by atoms with Gasteiger partial charge in [-0.1, -0.05) is 25.4 Å². The molecule has 0 saturated carbocycles. The minimum absolute atomic E-state index is 0.0220. The van der Waals surface area contributed by atoms with Crippen LogP contribution in [0.15, 0.2) is 12.1 Å². The summed E-state index contributed by atoms with van der Waals surface area (Å²) in [5.74, 6) is -0.331. The summed E-state index contributed by atoms with van der Waals surface area (Å²) in [6.07, 6.45) is -4.37. The maximum Gasteiger partial charge on any atom is 0.411 e. The van der Waals surface area contributed by atoms with Gasteiger partial charge >= 0.3 is 6.18 Å². The maximum absolute atomic E-state index is 11.9. The van der Waals surface area contributed by atoms with E-state index in [2.05, 4.69) is 15.0 Å². The Kier molecular flexibility index (Phi) is 6.42. The SMILES string of the molecule is CC(C)c1cc(C(=O)NCCOCC(F)(F)F)cc(Cl)n1. The summed E-state index contributed by atoms with van der Waals surface area (Å²) < 4.78 is 39.9. The van der Waals surface area contributed by atoms with Crippen LogP contribution in [0.3, 0.4) is 0 Å². The van der Waals surface area contributed by atoms with E-state index < -0.39 is 18.7 Å². The normalized spacial score (nSPS) is 11.8. The van der Waals surface area contributed by atoms with Crippen LogP contribution in [0.25, 0.3) is 0 Å². The topological polar surface area (TPSA) is 51.2 Å². The number of ether oxygens (including phenoxy) is 1. The summed E-state index contributed by atoms with van der Waals surface area (Å²) in [4.78, 5) is 15.9. The molecule has 0 aromatic carbocycles. The van der Waals surface area contributed by atoms with Gasteiger partial charge in [0.25, 0.3) is 5.91 Å². The third-order valence-electron chi connectivity index (χ3n) is 2.47. The zero-order chi connectivity index (χ0) is 16.0. The van der Waals surface area contributed by atoms with Crippen LogP contribution in [0.4, 0.5) is 13.2 Å². The Labute approximate surface area is 125 Å². The van der Waals surface area contributed by atoms with Gasteiger partial charge in [0, 0.05) is 17.8 Å².